The van der Waals surface area contributed by atoms with Crippen LogP contribution in [0.5, 0.6) is 11.5 Å². The van der Waals surface area contributed by atoms with E-state index in [-0.39, 0.29) is 0 Å². The summed E-state index contributed by atoms with van der Waals surface area (Å²) < 4.78 is 17.1. The van der Waals surface area contributed by atoms with Crippen molar-refractivity contribution in [2.45, 2.75) is 12.5 Å². The van der Waals surface area contributed by atoms with Crippen LogP contribution in [0.2, 0.25) is 0 Å². The highest BCUT2D eigenvalue weighted by Gasteiger charge is 2.38. The van der Waals surface area contributed by atoms with Gasteiger partial charge in [0.05, 0.1) is 19.6 Å². The third-order valence-electron chi connectivity index (χ3n) is 6.86. The zero-order valence-corrected chi connectivity index (χ0v) is 18.7. The van der Waals surface area contributed by atoms with Crippen LogP contribution < -0.4 is 19.7 Å². The molecule has 4 heterocycles. The van der Waals surface area contributed by atoms with Crippen LogP contribution in [0.1, 0.15) is 6.42 Å². The minimum Gasteiger partial charge on any atom is -0.497 e. The average Bonchev–Trinajstić information content (AvgIpc) is 3.57. The second-order valence-electron chi connectivity index (χ2n) is 8.65. The summed E-state index contributed by atoms with van der Waals surface area (Å²) in [6.45, 7) is 3.05. The summed E-state index contributed by atoms with van der Waals surface area (Å²) in [5.74, 6) is 3.99. The van der Waals surface area contributed by atoms with Gasteiger partial charge in [0.25, 0.3) is 0 Å². The van der Waals surface area contributed by atoms with Crippen molar-refractivity contribution >= 4 is 16.9 Å². The molecule has 2 aliphatic heterocycles. The van der Waals surface area contributed by atoms with Gasteiger partial charge in [-0.2, -0.15) is 0 Å². The van der Waals surface area contributed by atoms with Crippen LogP contribution >= 0.6 is 0 Å². The average molecular weight is 443 g/mol. The van der Waals surface area contributed by atoms with E-state index in [0.29, 0.717) is 17.7 Å². The molecule has 0 aliphatic carbocycles. The van der Waals surface area contributed by atoms with Crippen molar-refractivity contribution in [3.63, 3.8) is 0 Å². The van der Waals surface area contributed by atoms with Crippen LogP contribution in [0.3, 0.4) is 0 Å². The number of fused-ring (bicyclic) bond motifs is 2. The maximum Gasteiger partial charge on any atom is 0.232 e. The van der Waals surface area contributed by atoms with Crippen molar-refractivity contribution < 1.29 is 13.9 Å². The summed E-state index contributed by atoms with van der Waals surface area (Å²) in [5, 5.41) is 4.59. The molecule has 2 atom stereocenters. The van der Waals surface area contributed by atoms with Gasteiger partial charge >= 0.3 is 0 Å². The van der Waals surface area contributed by atoms with Crippen LogP contribution in [-0.4, -0.2) is 49.9 Å². The lowest BCUT2D eigenvalue weighted by Gasteiger charge is -2.19. The van der Waals surface area contributed by atoms with Gasteiger partial charge in [0, 0.05) is 30.3 Å². The van der Waals surface area contributed by atoms with Gasteiger partial charge in [-0.25, -0.2) is 9.97 Å². The Morgan fingerprint density at radius 2 is 1.61 bits per heavy atom. The lowest BCUT2D eigenvalue weighted by atomic mass is 9.99. The second-order valence-corrected chi connectivity index (χ2v) is 8.65. The number of methoxy groups -OCH3 is 2. The lowest BCUT2D eigenvalue weighted by Crippen LogP contribution is -2.30. The van der Waals surface area contributed by atoms with E-state index in [4.69, 9.17) is 18.9 Å². The van der Waals surface area contributed by atoms with Crippen LogP contribution in [0, 0.1) is 5.92 Å². The first-order valence-corrected chi connectivity index (χ1v) is 11.3. The molecule has 168 valence electrons. The quantitative estimate of drug-likeness (QED) is 0.492. The second kappa shape index (κ2) is 8.08. The number of furan rings is 1. The number of aromatic nitrogens is 2. The van der Waals surface area contributed by atoms with E-state index in [0.717, 1.165) is 64.8 Å². The molecule has 0 saturated carbocycles. The highest BCUT2D eigenvalue weighted by atomic mass is 16.5. The molecule has 7 nitrogen and oxygen atoms in total. The minimum absolute atomic E-state index is 0.521. The van der Waals surface area contributed by atoms with Gasteiger partial charge < -0.3 is 24.1 Å². The third kappa shape index (κ3) is 3.40. The molecule has 7 heteroatoms. The maximum absolute atomic E-state index is 6.40. The number of hydrogen-bond donors (Lipinski definition) is 1. The number of hydrogen-bond acceptors (Lipinski definition) is 7. The number of ether oxygens (including phenoxy) is 2. The molecule has 33 heavy (non-hydrogen) atoms. The Balaban J connectivity index is 1.55. The van der Waals surface area contributed by atoms with E-state index in [1.54, 1.807) is 20.5 Å². The van der Waals surface area contributed by atoms with E-state index in [2.05, 4.69) is 27.3 Å². The van der Waals surface area contributed by atoms with Crippen molar-refractivity contribution in [3.8, 4) is 33.9 Å². The Kier molecular flexibility index (Phi) is 4.91. The molecule has 0 radical (unpaired) electrons. The Morgan fingerprint density at radius 3 is 2.27 bits per heavy atom. The van der Waals surface area contributed by atoms with E-state index >= 15 is 0 Å². The molecule has 0 spiro atoms. The predicted molar refractivity (Wildman–Crippen MR) is 128 cm³/mol. The number of nitrogens with one attached hydrogen (secondary N) is 1. The monoisotopic (exact) mass is 442 g/mol. The van der Waals surface area contributed by atoms with Gasteiger partial charge in [0.2, 0.25) is 5.71 Å². The number of anilines is 1. The first-order valence-electron chi connectivity index (χ1n) is 11.3. The molecule has 1 N–H and O–H groups in total. The van der Waals surface area contributed by atoms with E-state index in [1.807, 2.05) is 36.4 Å². The largest absolute Gasteiger partial charge is 0.497 e. The zero-order chi connectivity index (χ0) is 22.4. The molecular weight excluding hydrogens is 416 g/mol. The summed E-state index contributed by atoms with van der Waals surface area (Å²) in [6, 6.07) is 16.5. The first-order chi connectivity index (χ1) is 16.2. The Labute approximate surface area is 192 Å². The standard InChI is InChI=1S/C26H26N4O3/c1-31-19-7-3-16(4-8-19)22-23-25(30-13-18-11-12-27-21(18)14-30)28-15-29-26(23)33-24(22)17-5-9-20(32-2)10-6-17/h3-10,15,18,21,27H,11-14H2,1-2H3. The first kappa shape index (κ1) is 20.1. The van der Waals surface area contributed by atoms with Crippen LogP contribution in [-0.2, 0) is 0 Å². The van der Waals surface area contributed by atoms with Gasteiger partial charge in [-0.3, -0.25) is 0 Å². The third-order valence-corrected chi connectivity index (χ3v) is 6.86. The number of nitrogens with zero attached hydrogens (tertiary/aromatic N) is 3. The van der Waals surface area contributed by atoms with Crippen molar-refractivity contribution in [3.05, 3.63) is 54.9 Å². The molecule has 6 rings (SSSR count). The molecule has 2 aliphatic rings. The van der Waals surface area contributed by atoms with Gasteiger partial charge in [-0.05, 0) is 60.8 Å². The zero-order valence-electron chi connectivity index (χ0n) is 18.7. The molecule has 0 amide bonds. The molecular formula is C26H26N4O3. The molecule has 2 aromatic carbocycles. The van der Waals surface area contributed by atoms with Crippen molar-refractivity contribution in [2.24, 2.45) is 5.92 Å². The maximum atomic E-state index is 6.40. The SMILES string of the molecule is COc1ccc(-c2oc3ncnc(N4CC5CCNC5C4)c3c2-c2ccc(OC)cc2)cc1. The van der Waals surface area contributed by atoms with Crippen LogP contribution in [0.4, 0.5) is 5.82 Å². The highest BCUT2D eigenvalue weighted by molar-refractivity contribution is 6.06. The summed E-state index contributed by atoms with van der Waals surface area (Å²) >= 11 is 0. The smallest absolute Gasteiger partial charge is 0.232 e. The fourth-order valence-corrected chi connectivity index (χ4v) is 5.16. The van der Waals surface area contributed by atoms with Crippen LogP contribution in [0.25, 0.3) is 33.6 Å². The van der Waals surface area contributed by atoms with Crippen molar-refractivity contribution in [2.75, 3.05) is 38.8 Å². The Morgan fingerprint density at radius 1 is 0.909 bits per heavy atom. The molecule has 2 fully saturated rings. The van der Waals surface area contributed by atoms with Crippen molar-refractivity contribution in [1.82, 2.24) is 15.3 Å². The molecule has 2 aromatic heterocycles. The normalized spacial score (nSPS) is 19.8. The summed E-state index contributed by atoms with van der Waals surface area (Å²) in [7, 11) is 3.34. The molecule has 2 saturated heterocycles. The van der Waals surface area contributed by atoms with Gasteiger partial charge in [0.1, 0.15) is 29.4 Å². The van der Waals surface area contributed by atoms with Crippen LogP contribution in [0.15, 0.2) is 59.3 Å². The van der Waals surface area contributed by atoms with E-state index < -0.39 is 0 Å². The topological polar surface area (TPSA) is 72.7 Å². The fourth-order valence-electron chi connectivity index (χ4n) is 5.16. The number of benzene rings is 2. The van der Waals surface area contributed by atoms with Gasteiger partial charge in [-0.1, -0.05) is 12.1 Å². The molecule has 0 bridgehead atoms. The summed E-state index contributed by atoms with van der Waals surface area (Å²) in [5.41, 5.74) is 3.60. The fraction of sp³-hybridized carbons (Fsp3) is 0.308. The van der Waals surface area contributed by atoms with Gasteiger partial charge in [0.15, 0.2) is 0 Å². The summed E-state index contributed by atoms with van der Waals surface area (Å²) in [4.78, 5) is 11.6. The Bertz CT molecular complexity index is 1270. The summed E-state index contributed by atoms with van der Waals surface area (Å²) in [6.07, 6.45) is 2.82. The predicted octanol–water partition coefficient (Wildman–Crippen LogP) is 4.37. The van der Waals surface area contributed by atoms with E-state index in [1.165, 1.54) is 6.42 Å². The van der Waals surface area contributed by atoms with Gasteiger partial charge in [-0.15, -0.1) is 0 Å². The van der Waals surface area contributed by atoms with Crippen molar-refractivity contribution in [1.29, 1.82) is 0 Å². The van der Waals surface area contributed by atoms with E-state index in [9.17, 15) is 0 Å². The number of rotatable bonds is 5. The molecule has 4 aromatic rings. The highest BCUT2D eigenvalue weighted by Crippen LogP contribution is 2.45. The lowest BCUT2D eigenvalue weighted by molar-refractivity contribution is 0.414. The molecule has 2 unspecified atom stereocenters. The Hall–Kier alpha value is -3.58. The minimum atomic E-state index is 0.521.